The van der Waals surface area contributed by atoms with E-state index in [1.807, 2.05) is 0 Å². The van der Waals surface area contributed by atoms with Crippen molar-refractivity contribution in [3.8, 4) is 0 Å². The van der Waals surface area contributed by atoms with Gasteiger partial charge in [0.05, 0.1) is 42.2 Å². The number of nitrogens with one attached hydrogen (secondary N) is 1. The molecule has 1 saturated heterocycles. The van der Waals surface area contributed by atoms with Crippen molar-refractivity contribution < 1.29 is 17.9 Å². The van der Waals surface area contributed by atoms with Gasteiger partial charge in [-0.05, 0) is 36.1 Å². The lowest BCUT2D eigenvalue weighted by molar-refractivity contribution is -0.0911. The van der Waals surface area contributed by atoms with Gasteiger partial charge in [-0.3, -0.25) is 14.5 Å². The summed E-state index contributed by atoms with van der Waals surface area (Å²) in [5.74, 6) is 0. The molecular formula is C21H22ClN3O5S. The fraction of sp³-hybridized carbons (Fsp3) is 0.333. The number of fused-ring (bicyclic) bond motifs is 2. The molecule has 0 aliphatic carbocycles. The van der Waals surface area contributed by atoms with E-state index in [1.165, 1.54) is 23.6 Å². The first-order chi connectivity index (χ1) is 14.8. The monoisotopic (exact) mass is 463 g/mol. The largest absolute Gasteiger partial charge is 0.376 e. The third-order valence-electron chi connectivity index (χ3n) is 5.16. The number of halogens is 1. The van der Waals surface area contributed by atoms with Crippen LogP contribution in [0, 0.1) is 0 Å². The van der Waals surface area contributed by atoms with Gasteiger partial charge in [0.2, 0.25) is 0 Å². The van der Waals surface area contributed by atoms with E-state index >= 15 is 0 Å². The molecule has 1 aliphatic rings. The van der Waals surface area contributed by atoms with Gasteiger partial charge in [0.25, 0.3) is 0 Å². The Morgan fingerprint density at radius 3 is 2.77 bits per heavy atom. The van der Waals surface area contributed by atoms with Crippen LogP contribution in [0.5, 0.6) is 0 Å². The van der Waals surface area contributed by atoms with Crippen molar-refractivity contribution in [3.05, 3.63) is 57.8 Å². The summed E-state index contributed by atoms with van der Waals surface area (Å²) in [4.78, 5) is 17.3. The van der Waals surface area contributed by atoms with Gasteiger partial charge >= 0.3 is 10.2 Å². The molecule has 1 fully saturated rings. The van der Waals surface area contributed by atoms with E-state index in [9.17, 15) is 13.2 Å². The normalized spacial score (nSPS) is 17.3. The summed E-state index contributed by atoms with van der Waals surface area (Å²) in [6.45, 7) is 1.81. The quantitative estimate of drug-likeness (QED) is 0.603. The van der Waals surface area contributed by atoms with Gasteiger partial charge in [0, 0.05) is 30.6 Å². The summed E-state index contributed by atoms with van der Waals surface area (Å²) in [5, 5.41) is 1.77. The van der Waals surface area contributed by atoms with Crippen LogP contribution >= 0.6 is 11.6 Å². The number of pyridine rings is 1. The third-order valence-corrected chi connectivity index (χ3v) is 6.86. The van der Waals surface area contributed by atoms with Gasteiger partial charge in [0.1, 0.15) is 0 Å². The van der Waals surface area contributed by atoms with Crippen LogP contribution in [0.1, 0.15) is 6.42 Å². The van der Waals surface area contributed by atoms with Crippen molar-refractivity contribution >= 4 is 49.2 Å². The van der Waals surface area contributed by atoms with Gasteiger partial charge in [-0.15, -0.1) is 0 Å². The van der Waals surface area contributed by atoms with Crippen molar-refractivity contribution in [2.24, 2.45) is 0 Å². The summed E-state index contributed by atoms with van der Waals surface area (Å²) in [6.07, 6.45) is 1.88. The zero-order chi connectivity index (χ0) is 22.0. The smallest absolute Gasteiger partial charge is 0.301 e. The zero-order valence-corrected chi connectivity index (χ0v) is 18.4. The van der Waals surface area contributed by atoms with Gasteiger partial charge in [-0.25, -0.2) is 0 Å². The van der Waals surface area contributed by atoms with Crippen LogP contribution in [-0.4, -0.2) is 57.2 Å². The number of benzene rings is 1. The lowest BCUT2D eigenvalue weighted by Gasteiger charge is -2.25. The van der Waals surface area contributed by atoms with E-state index in [0.717, 1.165) is 0 Å². The highest BCUT2D eigenvalue weighted by atomic mass is 35.5. The lowest BCUT2D eigenvalue weighted by atomic mass is 10.1. The predicted molar refractivity (Wildman–Crippen MR) is 121 cm³/mol. The molecule has 31 heavy (non-hydrogen) atoms. The molecule has 1 N–H and O–H groups in total. The first kappa shape index (κ1) is 21.9. The Kier molecular flexibility index (Phi) is 6.40. The van der Waals surface area contributed by atoms with Crippen molar-refractivity contribution in [2.75, 3.05) is 38.1 Å². The van der Waals surface area contributed by atoms with E-state index in [1.54, 1.807) is 30.3 Å². The number of ether oxygens (including phenoxy) is 2. The lowest BCUT2D eigenvalue weighted by Crippen LogP contribution is -2.37. The highest BCUT2D eigenvalue weighted by Gasteiger charge is 2.21. The maximum atomic E-state index is 13.1. The summed E-state index contributed by atoms with van der Waals surface area (Å²) in [6, 6.07) is 9.92. The van der Waals surface area contributed by atoms with E-state index in [0.29, 0.717) is 58.6 Å². The number of rotatable bonds is 6. The van der Waals surface area contributed by atoms with Crippen LogP contribution in [-0.2, 0) is 19.7 Å². The summed E-state index contributed by atoms with van der Waals surface area (Å²) in [5.41, 5.74) is 0.540. The Hall–Kier alpha value is -2.30. The average Bonchev–Trinajstić information content (AvgIpc) is 2.89. The van der Waals surface area contributed by atoms with E-state index in [4.69, 9.17) is 21.1 Å². The van der Waals surface area contributed by atoms with Crippen LogP contribution in [0.2, 0.25) is 5.02 Å². The molecule has 0 unspecified atom stereocenters. The predicted octanol–water partition coefficient (Wildman–Crippen LogP) is 2.80. The summed E-state index contributed by atoms with van der Waals surface area (Å²) >= 11 is 6.01. The van der Waals surface area contributed by atoms with Crippen molar-refractivity contribution in [3.63, 3.8) is 0 Å². The molecule has 8 nitrogen and oxygen atoms in total. The molecule has 2 heterocycles. The molecule has 0 spiro atoms. The van der Waals surface area contributed by atoms with Gasteiger partial charge in [-0.1, -0.05) is 23.7 Å². The molecule has 1 aliphatic heterocycles. The standard InChI is InChI=1S/C21H22ClN3O5S/c1-25(7-6-17-13-29-8-9-30-17)31(27,28)24-16-4-2-14-3-5-20-19(10-15(22)12-23-20)21(26)18(14)11-16/h2-5,10-12,17,24H,6-9,13H2,1H3/t17-/m1/s1. The SMILES string of the molecule is CN(CC[C@@H]1COCCO1)S(=O)(=O)Nc1ccc2ccc3ncc(Cl)cc3c(=O)c2c1. The second-order valence-corrected chi connectivity index (χ2v) is 9.55. The van der Waals surface area contributed by atoms with Crippen molar-refractivity contribution in [2.45, 2.75) is 12.5 Å². The molecule has 0 saturated carbocycles. The summed E-state index contributed by atoms with van der Waals surface area (Å²) in [7, 11) is -2.32. The van der Waals surface area contributed by atoms with Crippen LogP contribution in [0.15, 0.2) is 47.4 Å². The average molecular weight is 464 g/mol. The maximum absolute atomic E-state index is 13.1. The topological polar surface area (TPSA) is 97.8 Å². The van der Waals surface area contributed by atoms with Crippen LogP contribution in [0.3, 0.4) is 0 Å². The first-order valence-electron chi connectivity index (χ1n) is 9.79. The minimum atomic E-state index is -3.81. The fourth-order valence-corrected chi connectivity index (χ4v) is 4.50. The molecular weight excluding hydrogens is 442 g/mol. The first-order valence-corrected chi connectivity index (χ1v) is 11.6. The molecule has 4 rings (SSSR count). The minimum absolute atomic E-state index is 0.121. The molecule has 1 aromatic heterocycles. The zero-order valence-electron chi connectivity index (χ0n) is 16.9. The van der Waals surface area contributed by atoms with Crippen LogP contribution in [0.25, 0.3) is 21.7 Å². The van der Waals surface area contributed by atoms with Crippen molar-refractivity contribution in [1.29, 1.82) is 0 Å². The number of nitrogens with zero attached hydrogens (tertiary/aromatic N) is 2. The Morgan fingerprint density at radius 2 is 2.00 bits per heavy atom. The highest BCUT2D eigenvalue weighted by molar-refractivity contribution is 7.90. The number of aromatic nitrogens is 1. The molecule has 2 aromatic carbocycles. The molecule has 0 amide bonds. The number of hydrogen-bond donors (Lipinski definition) is 1. The van der Waals surface area contributed by atoms with Crippen LogP contribution in [0.4, 0.5) is 5.69 Å². The maximum Gasteiger partial charge on any atom is 0.301 e. The number of anilines is 1. The van der Waals surface area contributed by atoms with Crippen LogP contribution < -0.4 is 10.2 Å². The van der Waals surface area contributed by atoms with E-state index < -0.39 is 10.2 Å². The minimum Gasteiger partial charge on any atom is -0.376 e. The fourth-order valence-electron chi connectivity index (χ4n) is 3.42. The van der Waals surface area contributed by atoms with E-state index in [2.05, 4.69) is 9.71 Å². The van der Waals surface area contributed by atoms with E-state index in [-0.39, 0.29) is 18.1 Å². The summed E-state index contributed by atoms with van der Waals surface area (Å²) < 4.78 is 40.2. The Morgan fingerprint density at radius 1 is 1.19 bits per heavy atom. The molecule has 1 atom stereocenters. The Balaban J connectivity index is 1.59. The van der Waals surface area contributed by atoms with Crippen molar-refractivity contribution in [1.82, 2.24) is 9.29 Å². The Bertz CT molecular complexity index is 1280. The van der Waals surface area contributed by atoms with Gasteiger partial charge in [0.15, 0.2) is 5.43 Å². The second kappa shape index (κ2) is 9.05. The molecule has 0 radical (unpaired) electrons. The Labute approximate surface area is 184 Å². The highest BCUT2D eigenvalue weighted by Crippen LogP contribution is 2.21. The van der Waals surface area contributed by atoms with Gasteiger partial charge in [-0.2, -0.15) is 12.7 Å². The third kappa shape index (κ3) is 4.97. The molecule has 3 aromatic rings. The molecule has 0 bridgehead atoms. The molecule has 10 heteroatoms. The number of hydrogen-bond acceptors (Lipinski definition) is 6. The molecule has 164 valence electrons. The van der Waals surface area contributed by atoms with Gasteiger partial charge < -0.3 is 9.47 Å². The second-order valence-electron chi connectivity index (χ2n) is 7.34.